The Morgan fingerprint density at radius 1 is 0.191 bits per heavy atom. The molecule has 0 aromatic heterocycles. The predicted octanol–water partition coefficient (Wildman–Crippen LogP) is 18.3. The zero-order valence-corrected chi connectivity index (χ0v) is 61.1. The van der Waals surface area contributed by atoms with Crippen LogP contribution in [-0.2, 0) is 55.3 Å². The van der Waals surface area contributed by atoms with Crippen LogP contribution in [-0.4, -0.2) is 109 Å². The average molecular weight is 1590 g/mol. The molecule has 0 bridgehead atoms. The standard InChI is InChI=1S/2C21H22F6O4.2C18H19F3O3/c1-17(2,11-6-8-15(28)14(9-11)19(4,31)21(25,26)27)12-5-7-13(16(29)10-12)18(3,30)20(22,23)24;1-17(2,11-8-9-14(28)13(10-11)18(3,30)20(22,23)24)12-6-5-7-15(29)16(12)19(4,31)21(25,26)27;1-16(2,11-4-7-13(22)8-5-11)12-6-9-14(15(23)10-12)17(3,24)18(19,20)21;1-16(2,11-7-9-12(22)10-8-11)13-5-4-6-14(23)15(13)17(3,24)18(19,20)21/h2*5-10,28-31H,1-4H3;2*4-10,22-24H,1-3H3. The van der Waals surface area contributed by atoms with Crippen molar-refractivity contribution in [3.8, 4) is 46.0 Å². The first-order valence-electron chi connectivity index (χ1n) is 32.6. The Bertz CT molecular complexity index is 4560. The molecule has 604 valence electrons. The lowest BCUT2D eigenvalue weighted by atomic mass is 9.72. The van der Waals surface area contributed by atoms with Gasteiger partial charge in [0.15, 0.2) is 33.6 Å². The molecular formula is C78H82F18O14. The fraction of sp³-hybridized carbons (Fsp3) is 0.385. The lowest BCUT2D eigenvalue weighted by molar-refractivity contribution is -0.259. The molecule has 0 aliphatic carbocycles. The molecule has 0 radical (unpaired) electrons. The van der Waals surface area contributed by atoms with E-state index in [2.05, 4.69) is 0 Å². The third-order valence-corrected chi connectivity index (χ3v) is 19.9. The summed E-state index contributed by atoms with van der Waals surface area (Å²) >= 11 is 0. The van der Waals surface area contributed by atoms with Gasteiger partial charge in [0, 0.05) is 55.0 Å². The number of phenolic OH excluding ortho intramolecular Hbond substituents is 8. The Labute approximate surface area is 619 Å². The number of alkyl halides is 18. The van der Waals surface area contributed by atoms with Gasteiger partial charge < -0.3 is 71.5 Å². The first-order valence-corrected chi connectivity index (χ1v) is 32.6. The van der Waals surface area contributed by atoms with Crippen LogP contribution < -0.4 is 0 Å². The fourth-order valence-corrected chi connectivity index (χ4v) is 11.7. The summed E-state index contributed by atoms with van der Waals surface area (Å²) in [5.74, 6) is -4.46. The van der Waals surface area contributed by atoms with Gasteiger partial charge in [0.2, 0.25) is 0 Å². The van der Waals surface area contributed by atoms with Crippen LogP contribution in [0.3, 0.4) is 0 Å². The lowest BCUT2D eigenvalue weighted by Gasteiger charge is -2.36. The molecule has 6 atom stereocenters. The summed E-state index contributed by atoms with van der Waals surface area (Å²) in [5.41, 5.74) is -26.3. The molecule has 14 nitrogen and oxygen atoms in total. The van der Waals surface area contributed by atoms with E-state index in [4.69, 9.17) is 0 Å². The maximum atomic E-state index is 13.5. The summed E-state index contributed by atoms with van der Waals surface area (Å²) < 4.78 is 238. The van der Waals surface area contributed by atoms with Crippen LogP contribution in [0.5, 0.6) is 46.0 Å². The lowest BCUT2D eigenvalue weighted by Crippen LogP contribution is -2.42. The van der Waals surface area contributed by atoms with Gasteiger partial charge in [-0.15, -0.1) is 0 Å². The van der Waals surface area contributed by atoms with E-state index in [0.717, 1.165) is 60.2 Å². The fourth-order valence-electron chi connectivity index (χ4n) is 11.7. The Morgan fingerprint density at radius 2 is 0.409 bits per heavy atom. The van der Waals surface area contributed by atoms with E-state index in [1.807, 2.05) is 13.8 Å². The van der Waals surface area contributed by atoms with Crippen LogP contribution >= 0.6 is 0 Å². The van der Waals surface area contributed by atoms with E-state index in [0.29, 0.717) is 52.7 Å². The average Bonchev–Trinajstić information content (AvgIpc) is 0.747. The smallest absolute Gasteiger partial charge is 0.421 e. The Kier molecular flexibility index (Phi) is 25.2. The maximum Gasteiger partial charge on any atom is 0.421 e. The van der Waals surface area contributed by atoms with Crippen molar-refractivity contribution in [3.63, 3.8) is 0 Å². The van der Waals surface area contributed by atoms with E-state index >= 15 is 0 Å². The summed E-state index contributed by atoms with van der Waals surface area (Å²) in [6.07, 6.45) is -30.3. The van der Waals surface area contributed by atoms with Crippen LogP contribution in [0.2, 0.25) is 0 Å². The minimum Gasteiger partial charge on any atom is -0.508 e. The van der Waals surface area contributed by atoms with Crippen molar-refractivity contribution in [2.75, 3.05) is 0 Å². The summed E-state index contributed by atoms with van der Waals surface area (Å²) in [7, 11) is 0. The number of benzene rings is 8. The maximum absolute atomic E-state index is 13.5. The summed E-state index contributed by atoms with van der Waals surface area (Å²) in [4.78, 5) is 0. The molecule has 8 rings (SSSR count). The predicted molar refractivity (Wildman–Crippen MR) is 367 cm³/mol. The zero-order chi connectivity index (χ0) is 85.1. The van der Waals surface area contributed by atoms with E-state index in [1.54, 1.807) is 38.1 Å². The van der Waals surface area contributed by atoms with Crippen molar-refractivity contribution in [1.82, 2.24) is 0 Å². The normalized spacial score (nSPS) is 16.3. The Hall–Kier alpha value is -9.34. The quantitative estimate of drug-likeness (QED) is 0.0451. The monoisotopic (exact) mass is 1580 g/mol. The molecular weight excluding hydrogens is 1500 g/mol. The van der Waals surface area contributed by atoms with Gasteiger partial charge in [0.1, 0.15) is 46.0 Å². The van der Waals surface area contributed by atoms with Gasteiger partial charge in [0.25, 0.3) is 0 Å². The first kappa shape index (κ1) is 91.3. The molecule has 0 fully saturated rings. The van der Waals surface area contributed by atoms with Gasteiger partial charge in [-0.25, -0.2) is 0 Å². The third-order valence-electron chi connectivity index (χ3n) is 19.9. The number of halogens is 18. The number of rotatable bonds is 14. The highest BCUT2D eigenvalue weighted by Gasteiger charge is 2.59. The minimum absolute atomic E-state index is 0.00495. The van der Waals surface area contributed by atoms with Crippen LogP contribution in [0.4, 0.5) is 79.0 Å². The van der Waals surface area contributed by atoms with E-state index in [1.165, 1.54) is 107 Å². The molecule has 110 heavy (non-hydrogen) atoms. The summed E-state index contributed by atoms with van der Waals surface area (Å²) in [6.45, 7) is 15.9. The third kappa shape index (κ3) is 18.0. The summed E-state index contributed by atoms with van der Waals surface area (Å²) in [6, 6.07) is 32.8. The van der Waals surface area contributed by atoms with E-state index in [-0.39, 0.29) is 39.3 Å². The second-order valence-corrected chi connectivity index (χ2v) is 29.3. The second-order valence-electron chi connectivity index (χ2n) is 29.3. The van der Waals surface area contributed by atoms with Crippen LogP contribution in [0.15, 0.2) is 158 Å². The van der Waals surface area contributed by atoms with Crippen LogP contribution in [0.25, 0.3) is 0 Å². The van der Waals surface area contributed by atoms with Gasteiger partial charge in [0.05, 0.1) is 0 Å². The SMILES string of the molecule is CC(C)(c1ccc(C(C)(O)C(F)(F)F)c(O)c1)c1ccc(O)c(C(C)(O)C(F)(F)F)c1.CC(C)(c1ccc(O)c(C(C)(O)C(F)(F)F)c1)c1cccc(O)c1C(C)(O)C(F)(F)F.CC(C)(c1ccc(O)cc1)c1ccc(C(C)(O)C(F)(F)F)c(O)c1.CC(C)(c1ccc(O)cc1)c1cccc(O)c1C(C)(O)C(F)(F)F. The van der Waals surface area contributed by atoms with E-state index < -0.39 is 160 Å². The molecule has 32 heteroatoms. The Morgan fingerprint density at radius 3 is 0.682 bits per heavy atom. The van der Waals surface area contributed by atoms with Gasteiger partial charge in [-0.2, -0.15) is 79.0 Å². The molecule has 0 spiro atoms. The molecule has 8 aromatic carbocycles. The van der Waals surface area contributed by atoms with Crippen molar-refractivity contribution in [1.29, 1.82) is 0 Å². The van der Waals surface area contributed by atoms with Crippen LogP contribution in [0.1, 0.15) is 175 Å². The number of aliphatic hydroxyl groups is 6. The highest BCUT2D eigenvalue weighted by molar-refractivity contribution is 5.56. The highest BCUT2D eigenvalue weighted by Crippen LogP contribution is 2.54. The van der Waals surface area contributed by atoms with Gasteiger partial charge in [-0.1, -0.05) is 140 Å². The Balaban J connectivity index is 0.000000264. The summed E-state index contributed by atoms with van der Waals surface area (Å²) in [5, 5.41) is 139. The molecule has 0 aliphatic heterocycles. The van der Waals surface area contributed by atoms with Crippen LogP contribution in [0, 0.1) is 0 Å². The number of aromatic hydroxyl groups is 8. The number of hydrogen-bond acceptors (Lipinski definition) is 14. The van der Waals surface area contributed by atoms with Crippen molar-refractivity contribution in [2.45, 2.75) is 189 Å². The second kappa shape index (κ2) is 30.4. The molecule has 0 heterocycles. The molecule has 0 aliphatic rings. The minimum atomic E-state index is -5.17. The number of phenols is 8. The van der Waals surface area contributed by atoms with Crippen molar-refractivity contribution >= 4 is 0 Å². The van der Waals surface area contributed by atoms with Gasteiger partial charge in [-0.05, 0) is 159 Å². The van der Waals surface area contributed by atoms with Gasteiger partial charge in [-0.3, -0.25) is 0 Å². The largest absolute Gasteiger partial charge is 0.508 e. The van der Waals surface area contributed by atoms with Crippen molar-refractivity contribution in [2.24, 2.45) is 0 Å². The number of hydrogen-bond donors (Lipinski definition) is 14. The molecule has 0 saturated heterocycles. The molecule has 14 N–H and O–H groups in total. The first-order chi connectivity index (χ1) is 49.3. The van der Waals surface area contributed by atoms with Crippen molar-refractivity contribution in [3.05, 3.63) is 236 Å². The molecule has 8 aromatic rings. The molecule has 0 saturated carbocycles. The molecule has 6 unspecified atom stereocenters. The highest BCUT2D eigenvalue weighted by atomic mass is 19.4. The van der Waals surface area contributed by atoms with Gasteiger partial charge >= 0.3 is 37.1 Å². The van der Waals surface area contributed by atoms with Crippen molar-refractivity contribution < 1.29 is 151 Å². The topological polar surface area (TPSA) is 283 Å². The molecule has 0 amide bonds. The zero-order valence-electron chi connectivity index (χ0n) is 61.1. The van der Waals surface area contributed by atoms with E-state index in [9.17, 15) is 151 Å².